The Hall–Kier alpha value is -1.40. The Morgan fingerprint density at radius 3 is 2.85 bits per heavy atom. The maximum Gasteiger partial charge on any atom is 0.259 e. The molecule has 136 valence electrons. The van der Waals surface area contributed by atoms with Gasteiger partial charge in [-0.25, -0.2) is 4.98 Å². The predicted octanol–water partition coefficient (Wildman–Crippen LogP) is 4.80. The van der Waals surface area contributed by atoms with E-state index in [0.29, 0.717) is 29.0 Å². The van der Waals surface area contributed by atoms with Crippen molar-refractivity contribution in [3.63, 3.8) is 0 Å². The lowest BCUT2D eigenvalue weighted by Gasteiger charge is -2.17. The summed E-state index contributed by atoms with van der Waals surface area (Å²) >= 11 is 13.9. The lowest BCUT2D eigenvalue weighted by atomic mass is 9.97. The van der Waals surface area contributed by atoms with Crippen molar-refractivity contribution >= 4 is 44.8 Å². The summed E-state index contributed by atoms with van der Waals surface area (Å²) in [5.74, 6) is 0.689. The first-order valence-electron chi connectivity index (χ1n) is 8.67. The van der Waals surface area contributed by atoms with E-state index in [1.165, 1.54) is 16.9 Å². The summed E-state index contributed by atoms with van der Waals surface area (Å²) in [7, 11) is 1.98. The minimum absolute atomic E-state index is 0.0117. The highest BCUT2D eigenvalue weighted by atomic mass is 35.5. The highest BCUT2D eigenvalue weighted by Gasteiger charge is 2.20. The number of rotatable bonds is 4. The highest BCUT2D eigenvalue weighted by Crippen LogP contribution is 2.33. The number of aromatic amines is 1. The standard InChI is InChI=1S/C19H19Cl2N3OS/c1-24(9-11-6-7-12(20)8-14(11)21)10-16-22-18(25)17-13-4-2-3-5-15(13)26-19(17)23-16/h6-8H,2-5,9-10H2,1H3,(H,22,23,25). The maximum atomic E-state index is 12.6. The molecule has 3 aromatic rings. The van der Waals surface area contributed by atoms with Gasteiger partial charge in [-0.1, -0.05) is 29.3 Å². The number of hydrogen-bond acceptors (Lipinski definition) is 4. The lowest BCUT2D eigenvalue weighted by Crippen LogP contribution is -2.22. The summed E-state index contributed by atoms with van der Waals surface area (Å²) in [4.78, 5) is 24.6. The van der Waals surface area contributed by atoms with E-state index in [2.05, 4.69) is 9.88 Å². The van der Waals surface area contributed by atoms with Crippen LogP contribution in [0.1, 0.15) is 34.7 Å². The van der Waals surface area contributed by atoms with Gasteiger partial charge in [0.05, 0.1) is 11.9 Å². The quantitative estimate of drug-likeness (QED) is 0.675. The summed E-state index contributed by atoms with van der Waals surface area (Å²) < 4.78 is 0. The molecule has 0 atom stereocenters. The van der Waals surface area contributed by atoms with Crippen LogP contribution >= 0.6 is 34.5 Å². The Morgan fingerprint density at radius 2 is 2.04 bits per heavy atom. The zero-order valence-corrected chi connectivity index (χ0v) is 16.8. The molecule has 0 spiro atoms. The van der Waals surface area contributed by atoms with Gasteiger partial charge in [0.25, 0.3) is 5.56 Å². The second-order valence-electron chi connectivity index (χ2n) is 6.81. The van der Waals surface area contributed by atoms with Crippen molar-refractivity contribution in [2.75, 3.05) is 7.05 Å². The molecule has 2 heterocycles. The van der Waals surface area contributed by atoms with Crippen LogP contribution in [0, 0.1) is 0 Å². The van der Waals surface area contributed by atoms with E-state index in [4.69, 9.17) is 28.2 Å². The fourth-order valence-corrected chi connectivity index (χ4v) is 5.28. The molecule has 0 bridgehead atoms. The monoisotopic (exact) mass is 407 g/mol. The average Bonchev–Trinajstić information content (AvgIpc) is 2.96. The smallest absolute Gasteiger partial charge is 0.259 e. The van der Waals surface area contributed by atoms with Gasteiger partial charge >= 0.3 is 0 Å². The lowest BCUT2D eigenvalue weighted by molar-refractivity contribution is 0.311. The van der Waals surface area contributed by atoms with Crippen molar-refractivity contribution in [3.05, 3.63) is 60.4 Å². The number of H-pyrrole nitrogens is 1. The third-order valence-electron chi connectivity index (χ3n) is 4.75. The molecule has 0 saturated carbocycles. The van der Waals surface area contributed by atoms with E-state index < -0.39 is 0 Å². The normalized spacial score (nSPS) is 14.2. The number of benzene rings is 1. The summed E-state index contributed by atoms with van der Waals surface area (Å²) in [6.45, 7) is 1.20. The van der Waals surface area contributed by atoms with Gasteiger partial charge in [-0.15, -0.1) is 11.3 Å². The molecule has 4 rings (SSSR count). The van der Waals surface area contributed by atoms with Crippen molar-refractivity contribution in [2.45, 2.75) is 38.8 Å². The van der Waals surface area contributed by atoms with Crippen LogP contribution < -0.4 is 5.56 Å². The molecule has 1 aliphatic rings. The van der Waals surface area contributed by atoms with Gasteiger partial charge in [0.1, 0.15) is 10.7 Å². The van der Waals surface area contributed by atoms with Crippen molar-refractivity contribution in [1.29, 1.82) is 0 Å². The molecule has 26 heavy (non-hydrogen) atoms. The van der Waals surface area contributed by atoms with E-state index >= 15 is 0 Å². The number of nitrogens with one attached hydrogen (secondary N) is 1. The second kappa shape index (κ2) is 7.31. The molecule has 7 heteroatoms. The number of aromatic nitrogens is 2. The van der Waals surface area contributed by atoms with Crippen LogP contribution in [0.25, 0.3) is 10.2 Å². The van der Waals surface area contributed by atoms with Crippen LogP contribution in [0.2, 0.25) is 10.0 Å². The number of hydrogen-bond donors (Lipinski definition) is 1. The molecule has 1 N–H and O–H groups in total. The molecule has 0 unspecified atom stereocenters. The zero-order valence-electron chi connectivity index (χ0n) is 14.4. The van der Waals surface area contributed by atoms with E-state index in [1.807, 2.05) is 19.2 Å². The average molecular weight is 408 g/mol. The zero-order chi connectivity index (χ0) is 18.3. The third kappa shape index (κ3) is 3.54. The molecule has 1 aliphatic carbocycles. The summed E-state index contributed by atoms with van der Waals surface area (Å²) in [6.07, 6.45) is 4.42. The molecule has 0 fully saturated rings. The second-order valence-corrected chi connectivity index (χ2v) is 8.74. The number of aryl methyl sites for hydroxylation is 2. The Morgan fingerprint density at radius 1 is 1.23 bits per heavy atom. The van der Waals surface area contributed by atoms with Crippen molar-refractivity contribution in [2.24, 2.45) is 0 Å². The first-order valence-corrected chi connectivity index (χ1v) is 10.2. The van der Waals surface area contributed by atoms with Gasteiger partial charge in [0.2, 0.25) is 0 Å². The molecule has 0 saturated heterocycles. The maximum absolute atomic E-state index is 12.6. The van der Waals surface area contributed by atoms with Crippen LogP contribution in [-0.2, 0) is 25.9 Å². The van der Waals surface area contributed by atoms with Gasteiger partial charge in [0, 0.05) is 21.5 Å². The van der Waals surface area contributed by atoms with Gasteiger partial charge in [0.15, 0.2) is 0 Å². The number of halogens is 2. The van der Waals surface area contributed by atoms with Gasteiger partial charge in [-0.3, -0.25) is 9.69 Å². The molecular formula is C19H19Cl2N3OS. The molecule has 0 amide bonds. The molecule has 0 radical (unpaired) electrons. The van der Waals surface area contributed by atoms with E-state index in [9.17, 15) is 4.79 Å². The number of nitrogens with zero attached hydrogens (tertiary/aromatic N) is 2. The first kappa shape index (κ1) is 18.0. The Balaban J connectivity index is 1.58. The van der Waals surface area contributed by atoms with Crippen LogP contribution in [0.3, 0.4) is 0 Å². The van der Waals surface area contributed by atoms with E-state index in [1.54, 1.807) is 17.4 Å². The highest BCUT2D eigenvalue weighted by molar-refractivity contribution is 7.18. The van der Waals surface area contributed by atoms with Crippen molar-refractivity contribution in [1.82, 2.24) is 14.9 Å². The molecule has 1 aromatic carbocycles. The van der Waals surface area contributed by atoms with Crippen molar-refractivity contribution in [3.8, 4) is 0 Å². The van der Waals surface area contributed by atoms with Crippen LogP contribution in [-0.4, -0.2) is 21.9 Å². The topological polar surface area (TPSA) is 49.0 Å². The molecule has 0 aliphatic heterocycles. The Bertz CT molecular complexity index is 1030. The molecule has 2 aromatic heterocycles. The fraction of sp³-hybridized carbons (Fsp3) is 0.368. The van der Waals surface area contributed by atoms with Gasteiger partial charge in [-0.2, -0.15) is 0 Å². The minimum Gasteiger partial charge on any atom is -0.309 e. The Labute approximate surface area is 165 Å². The van der Waals surface area contributed by atoms with Crippen LogP contribution in [0.5, 0.6) is 0 Å². The molecule has 4 nitrogen and oxygen atoms in total. The number of fused-ring (bicyclic) bond motifs is 3. The molecular weight excluding hydrogens is 389 g/mol. The van der Waals surface area contributed by atoms with Gasteiger partial charge < -0.3 is 4.98 Å². The van der Waals surface area contributed by atoms with Gasteiger partial charge in [-0.05, 0) is 56.0 Å². The summed E-state index contributed by atoms with van der Waals surface area (Å²) in [5, 5.41) is 2.07. The van der Waals surface area contributed by atoms with Crippen LogP contribution in [0.15, 0.2) is 23.0 Å². The summed E-state index contributed by atoms with van der Waals surface area (Å²) in [6, 6.07) is 5.50. The van der Waals surface area contributed by atoms with E-state index in [0.717, 1.165) is 35.0 Å². The third-order valence-corrected chi connectivity index (χ3v) is 6.52. The minimum atomic E-state index is -0.0117. The largest absolute Gasteiger partial charge is 0.309 e. The van der Waals surface area contributed by atoms with E-state index in [-0.39, 0.29) is 5.56 Å². The van der Waals surface area contributed by atoms with Crippen LogP contribution in [0.4, 0.5) is 0 Å². The summed E-state index contributed by atoms with van der Waals surface area (Å²) in [5.41, 5.74) is 2.20. The Kier molecular flexibility index (Phi) is 5.06. The number of thiophene rings is 1. The van der Waals surface area contributed by atoms with Crippen molar-refractivity contribution < 1.29 is 0 Å². The fourth-order valence-electron chi connectivity index (χ4n) is 3.54. The first-order chi connectivity index (χ1) is 12.5. The predicted molar refractivity (Wildman–Crippen MR) is 109 cm³/mol. The SMILES string of the molecule is CN(Cc1nc2sc3c(c2c(=O)[nH]1)CCCC3)Cc1ccc(Cl)cc1Cl.